The van der Waals surface area contributed by atoms with Gasteiger partial charge < -0.3 is 25.6 Å². The predicted molar refractivity (Wildman–Crippen MR) is 169 cm³/mol. The molecule has 2 aliphatic rings. The van der Waals surface area contributed by atoms with Gasteiger partial charge in [0.1, 0.15) is 5.75 Å². The van der Waals surface area contributed by atoms with Gasteiger partial charge in [0.05, 0.1) is 28.3 Å². The van der Waals surface area contributed by atoms with Gasteiger partial charge in [-0.05, 0) is 96.0 Å². The molecule has 2 atom stereocenters. The van der Waals surface area contributed by atoms with Gasteiger partial charge in [-0.3, -0.25) is 4.79 Å². The maximum atomic E-state index is 13.3. The van der Waals surface area contributed by atoms with Crippen molar-refractivity contribution in [3.05, 3.63) is 101 Å². The van der Waals surface area contributed by atoms with Crippen molar-refractivity contribution < 1.29 is 22.7 Å². The molecule has 0 aromatic heterocycles. The Morgan fingerprint density at radius 3 is 1.98 bits per heavy atom. The number of likely N-dealkylation sites (N-methyl/N-ethyl adjacent to an activating group) is 2. The zero-order chi connectivity index (χ0) is 32.0. The number of ether oxygens (including phenoxy) is 1. The van der Waals surface area contributed by atoms with Crippen LogP contribution < -0.4 is 15.8 Å². The van der Waals surface area contributed by atoms with Gasteiger partial charge in [-0.2, -0.15) is 13.2 Å². The third-order valence-electron chi connectivity index (χ3n) is 8.34. The second kappa shape index (κ2) is 14.1. The molecule has 2 unspecified atom stereocenters. The lowest BCUT2D eigenvalue weighted by Gasteiger charge is -2.42. The molecule has 2 heterocycles. The van der Waals surface area contributed by atoms with Gasteiger partial charge in [-0.1, -0.05) is 60.7 Å². The standard InChI is InChI=1S/C23H27F3N2O2.C12H18N2/c1-16(2)30-20-14-18(23(24,25)26)10-11-19(20)21(29)27-22(12-7-13-28(3)15-22)17-8-5-4-6-9-17;1-14-9-5-8-12(13,10-14)11-6-3-2-4-7-11/h4-6,8-11,14,16H,7,12-13,15H2,1-3H3,(H,27,29);2-4,6-7H,5,8-10,13H2,1H3. The first-order valence-corrected chi connectivity index (χ1v) is 15.3. The van der Waals surface area contributed by atoms with Crippen LogP contribution in [0.5, 0.6) is 5.75 Å². The van der Waals surface area contributed by atoms with E-state index in [4.69, 9.17) is 10.5 Å². The smallest absolute Gasteiger partial charge is 0.416 e. The van der Waals surface area contributed by atoms with Crippen LogP contribution in [0.25, 0.3) is 0 Å². The molecule has 238 valence electrons. The Balaban J connectivity index is 0.000000262. The summed E-state index contributed by atoms with van der Waals surface area (Å²) in [5.74, 6) is -0.511. The topological polar surface area (TPSA) is 70.8 Å². The molecule has 0 aliphatic carbocycles. The van der Waals surface area contributed by atoms with Crippen molar-refractivity contribution in [2.24, 2.45) is 5.73 Å². The highest BCUT2D eigenvalue weighted by molar-refractivity contribution is 5.97. The van der Waals surface area contributed by atoms with Crippen molar-refractivity contribution in [2.75, 3.05) is 40.3 Å². The van der Waals surface area contributed by atoms with E-state index in [0.717, 1.165) is 50.0 Å². The summed E-state index contributed by atoms with van der Waals surface area (Å²) < 4.78 is 45.1. The molecule has 2 aliphatic heterocycles. The van der Waals surface area contributed by atoms with Crippen molar-refractivity contribution in [2.45, 2.75) is 62.9 Å². The van der Waals surface area contributed by atoms with Crippen LogP contribution in [0, 0.1) is 0 Å². The fourth-order valence-electron chi connectivity index (χ4n) is 6.27. The van der Waals surface area contributed by atoms with Gasteiger partial charge in [0.25, 0.3) is 5.91 Å². The Morgan fingerprint density at radius 2 is 1.43 bits per heavy atom. The molecule has 6 nitrogen and oxygen atoms in total. The number of piperidine rings is 2. The quantitative estimate of drug-likeness (QED) is 0.338. The fraction of sp³-hybridized carbons (Fsp3) is 0.457. The van der Waals surface area contributed by atoms with Crippen molar-refractivity contribution in [1.29, 1.82) is 0 Å². The van der Waals surface area contributed by atoms with E-state index < -0.39 is 23.2 Å². The Labute approximate surface area is 259 Å². The van der Waals surface area contributed by atoms with Crippen LogP contribution in [0.3, 0.4) is 0 Å². The maximum absolute atomic E-state index is 13.3. The number of halogens is 3. The molecule has 0 saturated carbocycles. The molecule has 0 bridgehead atoms. The van der Waals surface area contributed by atoms with Crippen molar-refractivity contribution in [3.63, 3.8) is 0 Å². The lowest BCUT2D eigenvalue weighted by molar-refractivity contribution is -0.137. The number of amides is 1. The first-order chi connectivity index (χ1) is 20.8. The van der Waals surface area contributed by atoms with E-state index in [9.17, 15) is 18.0 Å². The number of alkyl halides is 3. The van der Waals surface area contributed by atoms with E-state index in [1.54, 1.807) is 13.8 Å². The lowest BCUT2D eigenvalue weighted by Crippen LogP contribution is -2.55. The van der Waals surface area contributed by atoms with Crippen LogP contribution in [0.2, 0.25) is 0 Å². The Bertz CT molecular complexity index is 1370. The molecular formula is C35H45F3N4O2. The van der Waals surface area contributed by atoms with Crippen LogP contribution in [0.15, 0.2) is 78.9 Å². The number of likely N-dealkylation sites (tertiary alicyclic amines) is 2. The summed E-state index contributed by atoms with van der Waals surface area (Å²) in [6, 6.07) is 23.2. The minimum absolute atomic E-state index is 0.0651. The number of rotatable bonds is 6. The van der Waals surface area contributed by atoms with Gasteiger partial charge in [0.2, 0.25) is 0 Å². The van der Waals surface area contributed by atoms with Gasteiger partial charge >= 0.3 is 6.18 Å². The number of hydrogen-bond donors (Lipinski definition) is 2. The van der Waals surface area contributed by atoms with Crippen LogP contribution in [0.4, 0.5) is 13.2 Å². The monoisotopic (exact) mass is 610 g/mol. The molecule has 1 amide bonds. The van der Waals surface area contributed by atoms with Crippen LogP contribution in [-0.4, -0.2) is 62.1 Å². The van der Waals surface area contributed by atoms with Crippen LogP contribution in [-0.2, 0) is 17.3 Å². The fourth-order valence-corrected chi connectivity index (χ4v) is 6.27. The first kappa shape index (κ1) is 33.5. The number of benzene rings is 3. The summed E-state index contributed by atoms with van der Waals surface area (Å²) >= 11 is 0. The number of nitrogens with two attached hydrogens (primary N) is 1. The number of nitrogens with one attached hydrogen (secondary N) is 1. The SMILES string of the molecule is CC(C)Oc1cc(C(F)(F)F)ccc1C(=O)NC1(c2ccccc2)CCCN(C)C1.CN1CCCC(N)(c2ccccc2)C1. The highest BCUT2D eigenvalue weighted by Gasteiger charge is 2.39. The van der Waals surface area contributed by atoms with Gasteiger partial charge in [-0.15, -0.1) is 0 Å². The van der Waals surface area contributed by atoms with Crippen molar-refractivity contribution in [3.8, 4) is 5.75 Å². The molecule has 3 N–H and O–H groups in total. The molecule has 2 saturated heterocycles. The third kappa shape index (κ3) is 8.40. The van der Waals surface area contributed by atoms with Gasteiger partial charge in [0.15, 0.2) is 0 Å². The summed E-state index contributed by atoms with van der Waals surface area (Å²) in [6.45, 7) is 7.10. The van der Waals surface area contributed by atoms with E-state index in [1.165, 1.54) is 24.6 Å². The minimum Gasteiger partial charge on any atom is -0.490 e. The zero-order valence-corrected chi connectivity index (χ0v) is 26.2. The van der Waals surface area contributed by atoms with Gasteiger partial charge in [0, 0.05) is 13.1 Å². The molecule has 3 aromatic rings. The van der Waals surface area contributed by atoms with E-state index in [-0.39, 0.29) is 23.0 Å². The highest BCUT2D eigenvalue weighted by Crippen LogP contribution is 2.36. The van der Waals surface area contributed by atoms with Gasteiger partial charge in [-0.25, -0.2) is 0 Å². The predicted octanol–water partition coefficient (Wildman–Crippen LogP) is 6.41. The van der Waals surface area contributed by atoms with Crippen molar-refractivity contribution in [1.82, 2.24) is 15.1 Å². The summed E-state index contributed by atoms with van der Waals surface area (Å²) in [4.78, 5) is 17.7. The molecule has 9 heteroatoms. The second-order valence-corrected chi connectivity index (χ2v) is 12.5. The average Bonchev–Trinajstić information content (AvgIpc) is 2.97. The molecule has 3 aromatic carbocycles. The Kier molecular flexibility index (Phi) is 10.8. The highest BCUT2D eigenvalue weighted by atomic mass is 19.4. The van der Waals surface area contributed by atoms with E-state index >= 15 is 0 Å². The number of carbonyl (C=O) groups excluding carboxylic acids is 1. The third-order valence-corrected chi connectivity index (χ3v) is 8.34. The molecular weight excluding hydrogens is 565 g/mol. The molecule has 0 radical (unpaired) electrons. The largest absolute Gasteiger partial charge is 0.490 e. The molecule has 0 spiro atoms. The summed E-state index contributed by atoms with van der Waals surface area (Å²) in [6.07, 6.45) is -0.948. The molecule has 2 fully saturated rings. The second-order valence-electron chi connectivity index (χ2n) is 12.5. The molecule has 44 heavy (non-hydrogen) atoms. The normalized spacial score (nSPS) is 23.0. The Hall–Kier alpha value is -3.40. The lowest BCUT2D eigenvalue weighted by atomic mass is 9.82. The zero-order valence-electron chi connectivity index (χ0n) is 26.2. The average molecular weight is 611 g/mol. The van der Waals surface area contributed by atoms with Crippen LogP contribution >= 0.6 is 0 Å². The first-order valence-electron chi connectivity index (χ1n) is 15.3. The summed E-state index contributed by atoms with van der Waals surface area (Å²) in [5, 5.41) is 3.13. The number of hydrogen-bond acceptors (Lipinski definition) is 5. The van der Waals surface area contributed by atoms with E-state index in [1.807, 2.05) is 43.4 Å². The minimum atomic E-state index is -4.51. The van der Waals surface area contributed by atoms with Crippen LogP contribution in [0.1, 0.15) is 66.6 Å². The summed E-state index contributed by atoms with van der Waals surface area (Å²) in [7, 11) is 4.14. The summed E-state index contributed by atoms with van der Waals surface area (Å²) in [5.41, 5.74) is 7.18. The maximum Gasteiger partial charge on any atom is 0.416 e. The number of carbonyl (C=O) groups is 1. The van der Waals surface area contributed by atoms with E-state index in [0.29, 0.717) is 6.54 Å². The van der Waals surface area contributed by atoms with Crippen molar-refractivity contribution >= 4 is 5.91 Å². The molecule has 5 rings (SSSR count). The number of nitrogens with zero attached hydrogens (tertiary/aromatic N) is 2. The van der Waals surface area contributed by atoms with E-state index in [2.05, 4.69) is 46.4 Å². The Morgan fingerprint density at radius 1 is 0.864 bits per heavy atom.